The first kappa shape index (κ1) is 18.1. The molecule has 0 amide bonds. The lowest BCUT2D eigenvalue weighted by Crippen LogP contribution is -2.10. The molecule has 3 aromatic carbocycles. The Hall–Kier alpha value is -2.68. The number of benzene rings is 3. The Morgan fingerprint density at radius 3 is 2.04 bits per heavy atom. The molecule has 0 aliphatic heterocycles. The summed E-state index contributed by atoms with van der Waals surface area (Å²) >= 11 is 0. The van der Waals surface area contributed by atoms with Gasteiger partial charge in [0.15, 0.2) is 5.75 Å². The first-order chi connectivity index (χ1) is 12.2. The molecule has 3 rings (SSSR count). The maximum Gasteiger partial charge on any atom is 0.339 e. The molecule has 26 heavy (non-hydrogen) atoms. The quantitative estimate of drug-likeness (QED) is 0.529. The van der Waals surface area contributed by atoms with Crippen LogP contribution < -0.4 is 4.18 Å². The molecule has 0 radical (unpaired) electrons. The molecule has 0 aliphatic carbocycles. The van der Waals surface area contributed by atoms with Gasteiger partial charge in [-0.2, -0.15) is 16.8 Å². The summed E-state index contributed by atoms with van der Waals surface area (Å²) in [5.41, 5.74) is 0.756. The van der Waals surface area contributed by atoms with Gasteiger partial charge in [-0.05, 0) is 29.8 Å². The third kappa shape index (κ3) is 3.48. The highest BCUT2D eigenvalue weighted by atomic mass is 32.2. The molecule has 0 aliphatic rings. The maximum atomic E-state index is 12.5. The van der Waals surface area contributed by atoms with E-state index in [1.54, 1.807) is 30.3 Å². The van der Waals surface area contributed by atoms with Gasteiger partial charge in [-0.25, -0.2) is 0 Å². The Balaban J connectivity index is 2.10. The topological polar surface area (TPSA) is 97.7 Å². The van der Waals surface area contributed by atoms with Crippen molar-refractivity contribution in [1.82, 2.24) is 0 Å². The van der Waals surface area contributed by atoms with E-state index in [0.29, 0.717) is 0 Å². The van der Waals surface area contributed by atoms with Crippen molar-refractivity contribution in [3.8, 4) is 5.75 Å². The van der Waals surface area contributed by atoms with Crippen LogP contribution in [0.5, 0.6) is 5.75 Å². The van der Waals surface area contributed by atoms with Crippen molar-refractivity contribution < 1.29 is 25.6 Å². The minimum absolute atomic E-state index is 0.0409. The van der Waals surface area contributed by atoms with Gasteiger partial charge < -0.3 is 4.18 Å². The molecule has 3 aromatic rings. The average Bonchev–Trinajstić information content (AvgIpc) is 2.61. The van der Waals surface area contributed by atoms with Crippen molar-refractivity contribution >= 4 is 37.1 Å². The van der Waals surface area contributed by atoms with Crippen LogP contribution in [0.1, 0.15) is 5.56 Å². The third-order valence-corrected chi connectivity index (χ3v) is 5.89. The second-order valence-corrected chi connectivity index (χ2v) is 8.33. The largest absolute Gasteiger partial charge is 0.378 e. The lowest BCUT2D eigenvalue weighted by Gasteiger charge is -2.11. The molecule has 0 atom stereocenters. The summed E-state index contributed by atoms with van der Waals surface area (Å²) in [4.78, 5) is -0.376. The van der Waals surface area contributed by atoms with Crippen molar-refractivity contribution in [2.24, 2.45) is 0 Å². The molecule has 8 heteroatoms. The minimum atomic E-state index is -4.46. The van der Waals surface area contributed by atoms with Crippen LogP contribution in [0.15, 0.2) is 77.0 Å². The highest BCUT2D eigenvalue weighted by Gasteiger charge is 2.21. The van der Waals surface area contributed by atoms with Crippen molar-refractivity contribution in [3.05, 3.63) is 72.8 Å². The summed E-state index contributed by atoms with van der Waals surface area (Å²) < 4.78 is 62.6. The van der Waals surface area contributed by atoms with E-state index in [9.17, 15) is 21.4 Å². The molecule has 1 N–H and O–H groups in total. The van der Waals surface area contributed by atoms with Crippen LogP contribution >= 0.6 is 0 Å². The van der Waals surface area contributed by atoms with Crippen LogP contribution in [0.2, 0.25) is 0 Å². The first-order valence-corrected chi connectivity index (χ1v) is 10.2. The standard InChI is InChI=1S/C18H14O6S2/c1-2-13-7-9-14(10-8-13)26(22,23)24-17-11-12-18(25(19,20)21)16-6-4-3-5-15(16)17/h2-12H,1H2,(H,19,20,21). The summed E-state index contributed by atoms with van der Waals surface area (Å²) in [6.45, 7) is 3.60. The zero-order valence-electron chi connectivity index (χ0n) is 13.4. The molecule has 0 unspecified atom stereocenters. The van der Waals surface area contributed by atoms with Crippen molar-refractivity contribution in [2.45, 2.75) is 9.79 Å². The summed E-state index contributed by atoms with van der Waals surface area (Å²) in [6.07, 6.45) is 1.58. The molecule has 134 valence electrons. The summed E-state index contributed by atoms with van der Waals surface area (Å²) in [5, 5.41) is 0.401. The third-order valence-electron chi connectivity index (χ3n) is 3.73. The smallest absolute Gasteiger partial charge is 0.339 e. The summed E-state index contributed by atoms with van der Waals surface area (Å²) in [5.74, 6) is -0.0409. The van der Waals surface area contributed by atoms with Crippen molar-refractivity contribution in [2.75, 3.05) is 0 Å². The van der Waals surface area contributed by atoms with Gasteiger partial charge in [0.1, 0.15) is 9.79 Å². The van der Waals surface area contributed by atoms with Gasteiger partial charge in [0.05, 0.1) is 0 Å². The zero-order valence-corrected chi connectivity index (χ0v) is 15.0. The number of rotatable bonds is 5. The van der Waals surface area contributed by atoms with Crippen LogP contribution in [0.3, 0.4) is 0 Å². The SMILES string of the molecule is C=Cc1ccc(S(=O)(=O)Oc2ccc(S(=O)(=O)O)c3ccccc23)cc1. The van der Waals surface area contributed by atoms with Crippen LogP contribution in [0.25, 0.3) is 16.8 Å². The van der Waals surface area contributed by atoms with E-state index >= 15 is 0 Å². The summed E-state index contributed by atoms with van der Waals surface area (Å²) in [7, 11) is -8.59. The maximum absolute atomic E-state index is 12.5. The molecule has 0 saturated heterocycles. The summed E-state index contributed by atoms with van der Waals surface area (Å²) in [6, 6.07) is 14.4. The normalized spacial score (nSPS) is 12.0. The van der Waals surface area contributed by atoms with Crippen LogP contribution in [-0.2, 0) is 20.2 Å². The molecule has 0 spiro atoms. The van der Waals surface area contributed by atoms with E-state index in [1.165, 1.54) is 30.3 Å². The van der Waals surface area contributed by atoms with E-state index in [-0.39, 0.29) is 26.3 Å². The Morgan fingerprint density at radius 2 is 1.46 bits per heavy atom. The fraction of sp³-hybridized carbons (Fsp3) is 0. The monoisotopic (exact) mass is 390 g/mol. The zero-order chi connectivity index (χ0) is 18.9. The van der Waals surface area contributed by atoms with Gasteiger partial charge in [-0.15, -0.1) is 0 Å². The van der Waals surface area contributed by atoms with Gasteiger partial charge in [-0.3, -0.25) is 4.55 Å². The minimum Gasteiger partial charge on any atom is -0.378 e. The van der Waals surface area contributed by atoms with E-state index < -0.39 is 20.2 Å². The number of hydrogen-bond donors (Lipinski definition) is 1. The molecule has 0 bridgehead atoms. The van der Waals surface area contributed by atoms with Crippen LogP contribution in [-0.4, -0.2) is 21.4 Å². The molecule has 0 heterocycles. The van der Waals surface area contributed by atoms with Gasteiger partial charge in [0.25, 0.3) is 10.1 Å². The van der Waals surface area contributed by atoms with Crippen LogP contribution in [0.4, 0.5) is 0 Å². The second-order valence-electron chi connectivity index (χ2n) is 5.39. The lowest BCUT2D eigenvalue weighted by atomic mass is 10.1. The lowest BCUT2D eigenvalue weighted by molar-refractivity contribution is 0.484. The Morgan fingerprint density at radius 1 is 0.846 bits per heavy atom. The van der Waals surface area contributed by atoms with E-state index in [4.69, 9.17) is 4.18 Å². The van der Waals surface area contributed by atoms with E-state index in [0.717, 1.165) is 11.6 Å². The van der Waals surface area contributed by atoms with Crippen molar-refractivity contribution in [3.63, 3.8) is 0 Å². The molecule has 0 aromatic heterocycles. The fourth-order valence-electron chi connectivity index (χ4n) is 2.48. The van der Waals surface area contributed by atoms with Gasteiger partial charge in [0, 0.05) is 10.8 Å². The number of fused-ring (bicyclic) bond motifs is 1. The van der Waals surface area contributed by atoms with Gasteiger partial charge >= 0.3 is 10.1 Å². The van der Waals surface area contributed by atoms with Gasteiger partial charge in [-0.1, -0.05) is 49.1 Å². The van der Waals surface area contributed by atoms with E-state index in [1.807, 2.05) is 0 Å². The Labute approximate surface area is 151 Å². The predicted octanol–water partition coefficient (Wildman–Crippen LogP) is 3.50. The number of hydrogen-bond acceptors (Lipinski definition) is 5. The molecule has 0 fully saturated rings. The highest BCUT2D eigenvalue weighted by molar-refractivity contribution is 7.87. The molecular formula is C18H14O6S2. The second kappa shape index (κ2) is 6.56. The Kier molecular flexibility index (Phi) is 4.57. The average molecular weight is 390 g/mol. The highest BCUT2D eigenvalue weighted by Crippen LogP contribution is 2.32. The Bertz CT molecular complexity index is 1190. The van der Waals surface area contributed by atoms with Gasteiger partial charge in [0.2, 0.25) is 0 Å². The predicted molar refractivity (Wildman–Crippen MR) is 98.1 cm³/mol. The van der Waals surface area contributed by atoms with Crippen LogP contribution in [0, 0.1) is 0 Å². The fourth-order valence-corrected chi connectivity index (χ4v) is 4.12. The molecular weight excluding hydrogens is 376 g/mol. The molecule has 0 saturated carbocycles. The molecule has 6 nitrogen and oxygen atoms in total. The van der Waals surface area contributed by atoms with Crippen molar-refractivity contribution in [1.29, 1.82) is 0 Å². The first-order valence-electron chi connectivity index (χ1n) is 7.38. The van der Waals surface area contributed by atoms with E-state index in [2.05, 4.69) is 6.58 Å².